The average molecular weight is 388 g/mol. The second kappa shape index (κ2) is 7.32. The minimum Gasteiger partial charge on any atom is -0.311 e. The molecule has 1 fully saturated rings. The van der Waals surface area contributed by atoms with Crippen molar-refractivity contribution in [2.24, 2.45) is 0 Å². The van der Waals surface area contributed by atoms with E-state index in [1.165, 1.54) is 6.92 Å². The van der Waals surface area contributed by atoms with E-state index in [9.17, 15) is 14.4 Å². The van der Waals surface area contributed by atoms with E-state index in [2.05, 4.69) is 0 Å². The molecule has 0 aliphatic heterocycles. The lowest BCUT2D eigenvalue weighted by Crippen LogP contribution is -2.26. The van der Waals surface area contributed by atoms with Crippen molar-refractivity contribution in [3.8, 4) is 0 Å². The number of aromatic nitrogens is 1. The van der Waals surface area contributed by atoms with Gasteiger partial charge in [0.05, 0.1) is 5.52 Å². The number of fused-ring (bicyclic) bond motifs is 1. The summed E-state index contributed by atoms with van der Waals surface area (Å²) in [6.07, 6.45) is 2.18. The van der Waals surface area contributed by atoms with E-state index < -0.39 is 0 Å². The van der Waals surface area contributed by atoms with Gasteiger partial charge in [-0.3, -0.25) is 14.4 Å². The summed E-state index contributed by atoms with van der Waals surface area (Å²) >= 11 is 0. The molecule has 0 saturated heterocycles. The summed E-state index contributed by atoms with van der Waals surface area (Å²) in [6, 6.07) is 14.3. The lowest BCUT2D eigenvalue weighted by Gasteiger charge is -2.19. The van der Waals surface area contributed by atoms with Gasteiger partial charge in [-0.05, 0) is 80.6 Å². The van der Waals surface area contributed by atoms with Crippen LogP contribution >= 0.6 is 0 Å². The number of ketones is 1. The van der Waals surface area contributed by atoms with Crippen LogP contribution < -0.4 is 10.5 Å². The van der Waals surface area contributed by atoms with Gasteiger partial charge in [0.2, 0.25) is 0 Å². The Bertz CT molecular complexity index is 1170. The van der Waals surface area contributed by atoms with Crippen LogP contribution in [-0.2, 0) is 6.54 Å². The lowest BCUT2D eigenvalue weighted by molar-refractivity contribution is 0.0991. The van der Waals surface area contributed by atoms with Gasteiger partial charge in [0, 0.05) is 41.9 Å². The molecule has 148 valence electrons. The first kappa shape index (κ1) is 19.1. The third-order valence-corrected chi connectivity index (χ3v) is 5.69. The van der Waals surface area contributed by atoms with Crippen LogP contribution in [0.3, 0.4) is 0 Å². The fourth-order valence-electron chi connectivity index (χ4n) is 3.83. The largest absolute Gasteiger partial charge is 0.311 e. The highest BCUT2D eigenvalue weighted by atomic mass is 16.2. The van der Waals surface area contributed by atoms with Crippen LogP contribution in [0.1, 0.15) is 58.9 Å². The summed E-state index contributed by atoms with van der Waals surface area (Å²) in [4.78, 5) is 38.6. The van der Waals surface area contributed by atoms with Gasteiger partial charge in [-0.25, -0.2) is 0 Å². The van der Waals surface area contributed by atoms with Crippen molar-refractivity contribution in [2.75, 3.05) is 11.9 Å². The van der Waals surface area contributed by atoms with Gasteiger partial charge >= 0.3 is 0 Å². The van der Waals surface area contributed by atoms with Crippen LogP contribution in [0.25, 0.3) is 10.9 Å². The molecule has 0 radical (unpaired) electrons. The summed E-state index contributed by atoms with van der Waals surface area (Å²) in [5.74, 6) is 0.284. The smallest absolute Gasteiger partial charge is 0.258 e. The van der Waals surface area contributed by atoms with E-state index in [0.717, 1.165) is 35.0 Å². The molecule has 0 atom stereocenters. The number of pyridine rings is 1. The highest BCUT2D eigenvalue weighted by Gasteiger charge is 2.27. The van der Waals surface area contributed by atoms with Crippen LogP contribution in [-0.4, -0.2) is 23.3 Å². The van der Waals surface area contributed by atoms with Crippen molar-refractivity contribution in [1.82, 2.24) is 4.57 Å². The number of aryl methyl sites for hydroxylation is 1. The number of Topliss-reactive ketones (excluding diaryl/α,β-unsaturated/α-hetero) is 1. The van der Waals surface area contributed by atoms with Gasteiger partial charge in [-0.15, -0.1) is 0 Å². The third-order valence-electron chi connectivity index (χ3n) is 5.69. The number of anilines is 1. The number of hydrogen-bond acceptors (Lipinski definition) is 3. The van der Waals surface area contributed by atoms with E-state index >= 15 is 0 Å². The standard InChI is InChI=1S/C24H24N2O3/c1-4-26-22-12-9-18(13-21(22)20(14-23(26)28)17-5-6-17)24(29)25(3)19-10-7-16(8-11-19)15(2)27/h7-14,17H,4-6H2,1-3H3. The van der Waals surface area contributed by atoms with Crippen molar-refractivity contribution < 1.29 is 9.59 Å². The molecule has 0 unspecified atom stereocenters. The predicted molar refractivity (Wildman–Crippen MR) is 115 cm³/mol. The quantitative estimate of drug-likeness (QED) is 0.610. The Labute approximate surface area is 169 Å². The summed E-state index contributed by atoms with van der Waals surface area (Å²) in [5, 5.41) is 0.986. The van der Waals surface area contributed by atoms with Crippen molar-refractivity contribution in [3.63, 3.8) is 0 Å². The van der Waals surface area contributed by atoms with Crippen molar-refractivity contribution in [3.05, 3.63) is 75.6 Å². The molecule has 0 bridgehead atoms. The fraction of sp³-hybridized carbons (Fsp3) is 0.292. The highest BCUT2D eigenvalue weighted by Crippen LogP contribution is 2.42. The van der Waals surface area contributed by atoms with Crippen LogP contribution in [0.4, 0.5) is 5.69 Å². The second-order valence-corrected chi connectivity index (χ2v) is 7.66. The monoisotopic (exact) mass is 388 g/mol. The zero-order valence-electron chi connectivity index (χ0n) is 16.9. The zero-order valence-corrected chi connectivity index (χ0v) is 16.9. The van der Waals surface area contributed by atoms with Gasteiger partial charge < -0.3 is 9.47 Å². The van der Waals surface area contributed by atoms with Gasteiger partial charge in [-0.2, -0.15) is 0 Å². The first-order valence-electron chi connectivity index (χ1n) is 9.97. The predicted octanol–water partition coefficient (Wildman–Crippen LogP) is 4.38. The molecule has 3 aromatic rings. The fourth-order valence-corrected chi connectivity index (χ4v) is 3.83. The lowest BCUT2D eigenvalue weighted by atomic mass is 10.0. The van der Waals surface area contributed by atoms with E-state index in [4.69, 9.17) is 0 Å². The SMILES string of the molecule is CCn1c(=O)cc(C2CC2)c2cc(C(=O)N(C)c3ccc(C(C)=O)cc3)ccc21. The van der Waals surface area contributed by atoms with Gasteiger partial charge in [0.15, 0.2) is 5.78 Å². The van der Waals surface area contributed by atoms with Crippen molar-refractivity contribution >= 4 is 28.3 Å². The minimum absolute atomic E-state index is 0.00497. The molecule has 5 heteroatoms. The maximum absolute atomic E-state index is 13.1. The van der Waals surface area contributed by atoms with Crippen LogP contribution in [0.15, 0.2) is 53.3 Å². The molecule has 1 aliphatic rings. The van der Waals surface area contributed by atoms with E-state index in [-0.39, 0.29) is 17.2 Å². The molecule has 1 aromatic heterocycles. The Hall–Kier alpha value is -3.21. The Morgan fingerprint density at radius 1 is 1.03 bits per heavy atom. The maximum Gasteiger partial charge on any atom is 0.258 e. The Balaban J connectivity index is 1.74. The molecule has 1 amide bonds. The molecule has 29 heavy (non-hydrogen) atoms. The van der Waals surface area contributed by atoms with Gasteiger partial charge in [0.25, 0.3) is 11.5 Å². The highest BCUT2D eigenvalue weighted by molar-refractivity contribution is 6.08. The van der Waals surface area contributed by atoms with Crippen molar-refractivity contribution in [2.45, 2.75) is 39.2 Å². The maximum atomic E-state index is 13.1. The molecular formula is C24H24N2O3. The van der Waals surface area contributed by atoms with E-state index in [1.807, 2.05) is 19.1 Å². The van der Waals surface area contributed by atoms with E-state index in [0.29, 0.717) is 23.6 Å². The molecule has 5 nitrogen and oxygen atoms in total. The van der Waals surface area contributed by atoms with E-state index in [1.54, 1.807) is 52.9 Å². The summed E-state index contributed by atoms with van der Waals surface area (Å²) in [7, 11) is 1.73. The number of hydrogen-bond donors (Lipinski definition) is 0. The number of nitrogens with zero attached hydrogens (tertiary/aromatic N) is 2. The summed E-state index contributed by atoms with van der Waals surface area (Å²) in [6.45, 7) is 4.07. The van der Waals surface area contributed by atoms with Crippen LogP contribution in [0.2, 0.25) is 0 Å². The number of benzene rings is 2. The summed E-state index contributed by atoms with van der Waals surface area (Å²) in [5.41, 5.74) is 3.88. The molecule has 4 rings (SSSR count). The Morgan fingerprint density at radius 3 is 2.28 bits per heavy atom. The topological polar surface area (TPSA) is 59.4 Å². The zero-order chi connectivity index (χ0) is 20.7. The Kier molecular flexibility index (Phi) is 4.82. The summed E-state index contributed by atoms with van der Waals surface area (Å²) < 4.78 is 1.75. The van der Waals surface area contributed by atoms with Gasteiger partial charge in [-0.1, -0.05) is 0 Å². The molecule has 1 saturated carbocycles. The molecule has 2 aromatic carbocycles. The number of amides is 1. The average Bonchev–Trinajstić information content (AvgIpc) is 3.57. The number of rotatable bonds is 5. The molecule has 0 N–H and O–H groups in total. The van der Waals surface area contributed by atoms with Crippen LogP contribution in [0.5, 0.6) is 0 Å². The normalized spacial score (nSPS) is 13.5. The number of carbonyl (C=O) groups is 2. The minimum atomic E-state index is -0.126. The number of carbonyl (C=O) groups excluding carboxylic acids is 2. The first-order valence-corrected chi connectivity index (χ1v) is 9.97. The first-order chi connectivity index (χ1) is 13.9. The van der Waals surface area contributed by atoms with Gasteiger partial charge in [0.1, 0.15) is 0 Å². The second-order valence-electron chi connectivity index (χ2n) is 7.66. The Morgan fingerprint density at radius 2 is 1.69 bits per heavy atom. The van der Waals surface area contributed by atoms with Crippen molar-refractivity contribution in [1.29, 1.82) is 0 Å². The molecule has 1 heterocycles. The molecular weight excluding hydrogens is 364 g/mol. The third kappa shape index (κ3) is 3.48. The molecule has 0 spiro atoms. The van der Waals surface area contributed by atoms with Crippen LogP contribution in [0, 0.1) is 0 Å². The molecule has 1 aliphatic carbocycles.